The number of hydrogen-bond acceptors (Lipinski definition) is 4. The highest BCUT2D eigenvalue weighted by Crippen LogP contribution is 2.26. The van der Waals surface area contributed by atoms with E-state index in [1.54, 1.807) is 13.0 Å². The van der Waals surface area contributed by atoms with Gasteiger partial charge in [0.1, 0.15) is 18.4 Å². The second kappa shape index (κ2) is 9.10. The van der Waals surface area contributed by atoms with Gasteiger partial charge < -0.3 is 10.1 Å². The number of nitrogens with one attached hydrogen (secondary N) is 1. The van der Waals surface area contributed by atoms with Crippen molar-refractivity contribution >= 4 is 21.6 Å². The zero-order valence-corrected chi connectivity index (χ0v) is 17.8. The van der Waals surface area contributed by atoms with E-state index in [2.05, 4.69) is 5.32 Å². The lowest BCUT2D eigenvalue weighted by Gasteiger charge is -2.29. The Hall–Kier alpha value is -2.54. The molecular weight excluding hydrogens is 376 g/mol. The van der Waals surface area contributed by atoms with E-state index in [9.17, 15) is 13.2 Å². The smallest absolute Gasteiger partial charge is 0.243 e. The van der Waals surface area contributed by atoms with Crippen LogP contribution in [0, 0.1) is 20.8 Å². The van der Waals surface area contributed by atoms with E-state index in [0.29, 0.717) is 12.3 Å². The minimum absolute atomic E-state index is 0.279. The van der Waals surface area contributed by atoms with Crippen LogP contribution in [0.5, 0.6) is 5.75 Å². The molecule has 0 aliphatic heterocycles. The predicted molar refractivity (Wildman–Crippen MR) is 112 cm³/mol. The SMILES string of the molecule is Cc1cccc(OCCNC(=O)[C@@H](C)N(c2cc(C)ccc2C)S(C)(=O)=O)c1. The van der Waals surface area contributed by atoms with Crippen molar-refractivity contribution in [3.8, 4) is 5.75 Å². The van der Waals surface area contributed by atoms with Crippen LogP contribution in [0.4, 0.5) is 5.69 Å². The average Bonchev–Trinajstić information content (AvgIpc) is 2.60. The van der Waals surface area contributed by atoms with Gasteiger partial charge in [0.2, 0.25) is 15.9 Å². The standard InChI is InChI=1S/C21H28N2O4S/c1-15-7-6-8-19(13-15)27-12-11-22-21(24)18(4)23(28(5,25)26)20-14-16(2)9-10-17(20)3/h6-10,13-14,18H,11-12H2,1-5H3,(H,22,24)/t18-/m1/s1. The zero-order chi connectivity index (χ0) is 20.9. The van der Waals surface area contributed by atoms with Crippen molar-refractivity contribution in [3.63, 3.8) is 0 Å². The molecule has 0 heterocycles. The van der Waals surface area contributed by atoms with E-state index >= 15 is 0 Å². The van der Waals surface area contributed by atoms with Crippen LogP contribution in [-0.2, 0) is 14.8 Å². The molecule has 2 aromatic rings. The molecule has 1 amide bonds. The molecule has 28 heavy (non-hydrogen) atoms. The third-order valence-corrected chi connectivity index (χ3v) is 5.58. The van der Waals surface area contributed by atoms with Gasteiger partial charge >= 0.3 is 0 Å². The summed E-state index contributed by atoms with van der Waals surface area (Å²) in [6.45, 7) is 7.85. The van der Waals surface area contributed by atoms with E-state index in [1.807, 2.05) is 57.2 Å². The lowest BCUT2D eigenvalue weighted by molar-refractivity contribution is -0.121. The molecule has 0 aliphatic rings. The van der Waals surface area contributed by atoms with Crippen LogP contribution in [0.15, 0.2) is 42.5 Å². The van der Waals surface area contributed by atoms with Crippen LogP contribution in [0.25, 0.3) is 0 Å². The second-order valence-electron chi connectivity index (χ2n) is 6.98. The van der Waals surface area contributed by atoms with Crippen molar-refractivity contribution in [1.82, 2.24) is 5.32 Å². The highest BCUT2D eigenvalue weighted by molar-refractivity contribution is 7.92. The Labute approximate surface area is 167 Å². The van der Waals surface area contributed by atoms with Gasteiger partial charge in [-0.15, -0.1) is 0 Å². The van der Waals surface area contributed by atoms with Gasteiger partial charge in [0.05, 0.1) is 18.5 Å². The normalized spacial score (nSPS) is 12.3. The fourth-order valence-corrected chi connectivity index (χ4v) is 4.16. The summed E-state index contributed by atoms with van der Waals surface area (Å²) in [6, 6.07) is 12.3. The molecular formula is C21H28N2O4S. The summed E-state index contributed by atoms with van der Waals surface area (Å²) in [5.41, 5.74) is 3.32. The minimum Gasteiger partial charge on any atom is -0.492 e. The summed E-state index contributed by atoms with van der Waals surface area (Å²) in [5.74, 6) is 0.356. The van der Waals surface area contributed by atoms with Crippen LogP contribution < -0.4 is 14.4 Å². The maximum Gasteiger partial charge on any atom is 0.243 e. The molecule has 6 nitrogen and oxygen atoms in total. The van der Waals surface area contributed by atoms with Crippen LogP contribution >= 0.6 is 0 Å². The first kappa shape index (κ1) is 21.8. The van der Waals surface area contributed by atoms with E-state index in [0.717, 1.165) is 28.7 Å². The quantitative estimate of drug-likeness (QED) is 0.687. The Balaban J connectivity index is 2.04. The van der Waals surface area contributed by atoms with Gasteiger partial charge in [-0.2, -0.15) is 0 Å². The Morgan fingerprint density at radius 3 is 2.43 bits per heavy atom. The number of aryl methyl sites for hydroxylation is 3. The number of carbonyl (C=O) groups excluding carboxylic acids is 1. The highest BCUT2D eigenvalue weighted by Gasteiger charge is 2.30. The maximum absolute atomic E-state index is 12.6. The summed E-state index contributed by atoms with van der Waals surface area (Å²) in [7, 11) is -3.64. The van der Waals surface area contributed by atoms with Crippen LogP contribution in [0.1, 0.15) is 23.6 Å². The van der Waals surface area contributed by atoms with Gasteiger partial charge in [-0.1, -0.05) is 24.3 Å². The maximum atomic E-state index is 12.6. The van der Waals surface area contributed by atoms with Crippen LogP contribution in [0.2, 0.25) is 0 Å². The zero-order valence-electron chi connectivity index (χ0n) is 17.0. The van der Waals surface area contributed by atoms with Crippen molar-refractivity contribution in [2.24, 2.45) is 0 Å². The van der Waals surface area contributed by atoms with E-state index in [4.69, 9.17) is 4.74 Å². The number of hydrogen-bond donors (Lipinski definition) is 1. The molecule has 1 N–H and O–H groups in total. The molecule has 0 fully saturated rings. The highest BCUT2D eigenvalue weighted by atomic mass is 32.2. The van der Waals surface area contributed by atoms with Crippen molar-refractivity contribution in [2.75, 3.05) is 23.7 Å². The molecule has 0 aromatic heterocycles. The fraction of sp³-hybridized carbons (Fsp3) is 0.381. The van der Waals surface area contributed by atoms with E-state index < -0.39 is 16.1 Å². The van der Waals surface area contributed by atoms with Crippen molar-refractivity contribution in [1.29, 1.82) is 0 Å². The summed E-state index contributed by atoms with van der Waals surface area (Å²) >= 11 is 0. The molecule has 0 unspecified atom stereocenters. The molecule has 2 rings (SSSR count). The monoisotopic (exact) mass is 404 g/mol. The van der Waals surface area contributed by atoms with Gasteiger partial charge in [0.15, 0.2) is 0 Å². The van der Waals surface area contributed by atoms with E-state index in [1.165, 1.54) is 4.31 Å². The molecule has 0 spiro atoms. The fourth-order valence-electron chi connectivity index (χ4n) is 2.93. The summed E-state index contributed by atoms with van der Waals surface area (Å²) in [6.07, 6.45) is 1.11. The topological polar surface area (TPSA) is 75.7 Å². The Morgan fingerprint density at radius 1 is 1.11 bits per heavy atom. The first-order chi connectivity index (χ1) is 13.1. The lowest BCUT2D eigenvalue weighted by atomic mass is 10.1. The van der Waals surface area contributed by atoms with Gasteiger partial charge in [-0.05, 0) is 62.6 Å². The lowest BCUT2D eigenvalue weighted by Crippen LogP contribution is -2.48. The molecule has 0 bridgehead atoms. The number of rotatable bonds is 8. The number of nitrogens with zero attached hydrogens (tertiary/aromatic N) is 1. The molecule has 1 atom stereocenters. The van der Waals surface area contributed by atoms with Crippen molar-refractivity contribution in [3.05, 3.63) is 59.2 Å². The largest absolute Gasteiger partial charge is 0.492 e. The number of amides is 1. The third-order valence-electron chi connectivity index (χ3n) is 4.35. The number of benzene rings is 2. The average molecular weight is 405 g/mol. The van der Waals surface area contributed by atoms with Gasteiger partial charge in [-0.25, -0.2) is 8.42 Å². The van der Waals surface area contributed by atoms with E-state index in [-0.39, 0.29) is 12.5 Å². The molecule has 0 radical (unpaired) electrons. The van der Waals surface area contributed by atoms with Gasteiger partial charge in [-0.3, -0.25) is 9.10 Å². The Bertz CT molecular complexity index is 941. The molecule has 0 saturated heterocycles. The number of carbonyl (C=O) groups is 1. The first-order valence-corrected chi connectivity index (χ1v) is 11.0. The third kappa shape index (κ3) is 5.73. The van der Waals surface area contributed by atoms with Crippen LogP contribution in [0.3, 0.4) is 0 Å². The van der Waals surface area contributed by atoms with Gasteiger partial charge in [0.25, 0.3) is 0 Å². The first-order valence-electron chi connectivity index (χ1n) is 9.13. The summed E-state index contributed by atoms with van der Waals surface area (Å²) < 4.78 is 31.6. The molecule has 152 valence electrons. The number of sulfonamides is 1. The molecule has 7 heteroatoms. The van der Waals surface area contributed by atoms with Crippen molar-refractivity contribution in [2.45, 2.75) is 33.7 Å². The summed E-state index contributed by atoms with van der Waals surface area (Å²) in [5, 5.41) is 2.75. The molecule has 0 aliphatic carbocycles. The van der Waals surface area contributed by atoms with Gasteiger partial charge in [0, 0.05) is 0 Å². The number of anilines is 1. The van der Waals surface area contributed by atoms with Crippen molar-refractivity contribution < 1.29 is 17.9 Å². The summed E-state index contributed by atoms with van der Waals surface area (Å²) in [4.78, 5) is 12.6. The number of ether oxygens (including phenoxy) is 1. The predicted octanol–water partition coefficient (Wildman–Crippen LogP) is 2.96. The molecule has 0 saturated carbocycles. The molecule has 2 aromatic carbocycles. The van der Waals surface area contributed by atoms with Crippen LogP contribution in [-0.4, -0.2) is 39.8 Å². The minimum atomic E-state index is -3.64. The Morgan fingerprint density at radius 2 is 1.79 bits per heavy atom. The Kier molecular flexibility index (Phi) is 7.07. The second-order valence-corrected chi connectivity index (χ2v) is 8.84.